The molecule has 0 aliphatic carbocycles. The first-order valence-electron chi connectivity index (χ1n) is 7.29. The highest BCUT2D eigenvalue weighted by Crippen LogP contribution is 2.13. The minimum Gasteiger partial charge on any atom is -0.339 e. The number of hydrogen-bond donors (Lipinski definition) is 1. The third-order valence-electron chi connectivity index (χ3n) is 3.37. The zero-order valence-electron chi connectivity index (χ0n) is 12.4. The standard InChI is InChI=1S/C14H24N4OS/c1-3-4-13-16-12(11-20-13)9-17(2)10-14(19)18-7-5-15-6-8-18/h11,15H,3-10H2,1-2H3. The number of nitrogens with one attached hydrogen (secondary N) is 1. The van der Waals surface area contributed by atoms with Gasteiger partial charge >= 0.3 is 0 Å². The highest BCUT2D eigenvalue weighted by atomic mass is 32.1. The maximum atomic E-state index is 12.1. The van der Waals surface area contributed by atoms with Crippen LogP contribution in [0.2, 0.25) is 0 Å². The van der Waals surface area contributed by atoms with Gasteiger partial charge in [0.05, 0.1) is 17.2 Å². The summed E-state index contributed by atoms with van der Waals surface area (Å²) < 4.78 is 0. The summed E-state index contributed by atoms with van der Waals surface area (Å²) in [7, 11) is 1.99. The molecule has 5 nitrogen and oxygen atoms in total. The molecular weight excluding hydrogens is 272 g/mol. The van der Waals surface area contributed by atoms with Gasteiger partial charge in [0, 0.05) is 38.1 Å². The summed E-state index contributed by atoms with van der Waals surface area (Å²) in [5.74, 6) is 0.220. The smallest absolute Gasteiger partial charge is 0.236 e. The lowest BCUT2D eigenvalue weighted by atomic mass is 10.3. The molecule has 112 valence electrons. The monoisotopic (exact) mass is 296 g/mol. The fourth-order valence-electron chi connectivity index (χ4n) is 2.33. The number of aromatic nitrogens is 1. The molecule has 0 saturated carbocycles. The van der Waals surface area contributed by atoms with Crippen molar-refractivity contribution in [1.82, 2.24) is 20.1 Å². The van der Waals surface area contributed by atoms with Gasteiger partial charge in [0.1, 0.15) is 0 Å². The molecule has 1 N–H and O–H groups in total. The lowest BCUT2D eigenvalue weighted by Gasteiger charge is -2.29. The van der Waals surface area contributed by atoms with E-state index in [4.69, 9.17) is 0 Å². The molecule has 0 aromatic carbocycles. The zero-order valence-corrected chi connectivity index (χ0v) is 13.2. The zero-order chi connectivity index (χ0) is 14.4. The maximum Gasteiger partial charge on any atom is 0.236 e. The molecule has 20 heavy (non-hydrogen) atoms. The first-order chi connectivity index (χ1) is 9.69. The Labute approximate surface area is 125 Å². The van der Waals surface area contributed by atoms with Gasteiger partial charge in [0.15, 0.2) is 0 Å². The molecule has 1 saturated heterocycles. The summed E-state index contributed by atoms with van der Waals surface area (Å²) in [6.45, 7) is 6.84. The highest BCUT2D eigenvalue weighted by Gasteiger charge is 2.17. The Balaban J connectivity index is 1.78. The van der Waals surface area contributed by atoms with E-state index in [9.17, 15) is 4.79 Å². The van der Waals surface area contributed by atoms with Crippen LogP contribution in [0, 0.1) is 0 Å². The predicted molar refractivity (Wildman–Crippen MR) is 81.9 cm³/mol. The molecule has 1 aliphatic heterocycles. The summed E-state index contributed by atoms with van der Waals surface area (Å²) in [6.07, 6.45) is 2.18. The number of likely N-dealkylation sites (N-methyl/N-ethyl adjacent to an activating group) is 1. The SMILES string of the molecule is CCCc1nc(CN(C)CC(=O)N2CCNCC2)cs1. The number of amides is 1. The van der Waals surface area contributed by atoms with E-state index in [0.29, 0.717) is 6.54 Å². The van der Waals surface area contributed by atoms with Crippen LogP contribution >= 0.6 is 11.3 Å². The second-order valence-electron chi connectivity index (χ2n) is 5.29. The van der Waals surface area contributed by atoms with Crippen LogP contribution in [0.15, 0.2) is 5.38 Å². The summed E-state index contributed by atoms with van der Waals surface area (Å²) in [5, 5.41) is 6.57. The molecule has 0 radical (unpaired) electrons. The highest BCUT2D eigenvalue weighted by molar-refractivity contribution is 7.09. The molecule has 1 amide bonds. The van der Waals surface area contributed by atoms with Gasteiger partial charge in [-0.1, -0.05) is 6.92 Å². The first kappa shape index (κ1) is 15.4. The van der Waals surface area contributed by atoms with Crippen molar-refractivity contribution in [3.8, 4) is 0 Å². The van der Waals surface area contributed by atoms with Crippen molar-refractivity contribution >= 4 is 17.2 Å². The third-order valence-corrected chi connectivity index (χ3v) is 4.33. The fraction of sp³-hybridized carbons (Fsp3) is 0.714. The molecule has 2 heterocycles. The Bertz CT molecular complexity index is 429. The van der Waals surface area contributed by atoms with Gasteiger partial charge in [-0.25, -0.2) is 4.98 Å². The van der Waals surface area contributed by atoms with E-state index in [1.165, 1.54) is 5.01 Å². The number of carbonyl (C=O) groups is 1. The van der Waals surface area contributed by atoms with Crippen LogP contribution in [0.4, 0.5) is 0 Å². The summed E-state index contributed by atoms with van der Waals surface area (Å²) in [5.41, 5.74) is 1.08. The van der Waals surface area contributed by atoms with Gasteiger partial charge in [-0.15, -0.1) is 11.3 Å². The molecule has 6 heteroatoms. The van der Waals surface area contributed by atoms with E-state index in [-0.39, 0.29) is 5.91 Å². The van der Waals surface area contributed by atoms with Gasteiger partial charge < -0.3 is 10.2 Å². The van der Waals surface area contributed by atoms with Gasteiger partial charge in [0.2, 0.25) is 5.91 Å². The average molecular weight is 296 g/mol. The Hall–Kier alpha value is -0.980. The summed E-state index contributed by atoms with van der Waals surface area (Å²) in [4.78, 5) is 20.7. The van der Waals surface area contributed by atoms with Crippen molar-refractivity contribution in [3.05, 3.63) is 16.1 Å². The number of thiazole rings is 1. The molecule has 1 aromatic rings. The molecule has 1 fully saturated rings. The van der Waals surface area contributed by atoms with Gasteiger partial charge in [0.25, 0.3) is 0 Å². The van der Waals surface area contributed by atoms with Crippen molar-refractivity contribution in [2.24, 2.45) is 0 Å². The number of carbonyl (C=O) groups excluding carboxylic acids is 1. The second-order valence-corrected chi connectivity index (χ2v) is 6.23. The van der Waals surface area contributed by atoms with Crippen molar-refractivity contribution < 1.29 is 4.79 Å². The Morgan fingerprint density at radius 3 is 2.95 bits per heavy atom. The van der Waals surface area contributed by atoms with Crippen LogP contribution in [-0.2, 0) is 17.8 Å². The van der Waals surface area contributed by atoms with E-state index in [0.717, 1.165) is 51.3 Å². The summed E-state index contributed by atoms with van der Waals surface area (Å²) >= 11 is 1.72. The van der Waals surface area contributed by atoms with E-state index in [1.54, 1.807) is 11.3 Å². The van der Waals surface area contributed by atoms with Crippen LogP contribution in [0.5, 0.6) is 0 Å². The molecule has 2 rings (SSSR count). The van der Waals surface area contributed by atoms with Gasteiger partial charge in [-0.2, -0.15) is 0 Å². The van der Waals surface area contributed by atoms with Crippen LogP contribution in [0.25, 0.3) is 0 Å². The van der Waals surface area contributed by atoms with Crippen molar-refractivity contribution in [3.63, 3.8) is 0 Å². The maximum absolute atomic E-state index is 12.1. The third kappa shape index (κ3) is 4.54. The number of rotatable bonds is 6. The number of aryl methyl sites for hydroxylation is 1. The number of piperazine rings is 1. The quantitative estimate of drug-likeness (QED) is 0.849. The van der Waals surface area contributed by atoms with Crippen LogP contribution in [-0.4, -0.2) is 60.5 Å². The molecule has 0 spiro atoms. The Morgan fingerprint density at radius 2 is 2.25 bits per heavy atom. The van der Waals surface area contributed by atoms with Crippen molar-refractivity contribution in [2.45, 2.75) is 26.3 Å². The minimum atomic E-state index is 0.220. The second kappa shape index (κ2) is 7.71. The normalized spacial score (nSPS) is 15.8. The Morgan fingerprint density at radius 1 is 1.50 bits per heavy atom. The van der Waals surface area contributed by atoms with Crippen LogP contribution in [0.1, 0.15) is 24.0 Å². The number of nitrogens with zero attached hydrogens (tertiary/aromatic N) is 3. The van der Waals surface area contributed by atoms with Gasteiger partial charge in [-0.05, 0) is 19.9 Å². The summed E-state index contributed by atoms with van der Waals surface area (Å²) in [6, 6.07) is 0. The Kier molecular flexibility index (Phi) is 5.94. The van der Waals surface area contributed by atoms with E-state index in [2.05, 4.69) is 27.5 Å². The van der Waals surface area contributed by atoms with Crippen LogP contribution in [0.3, 0.4) is 0 Å². The van der Waals surface area contributed by atoms with Crippen molar-refractivity contribution in [1.29, 1.82) is 0 Å². The molecule has 1 aliphatic rings. The first-order valence-corrected chi connectivity index (χ1v) is 8.17. The average Bonchev–Trinajstić information content (AvgIpc) is 2.87. The van der Waals surface area contributed by atoms with Crippen LogP contribution < -0.4 is 5.32 Å². The molecule has 0 unspecified atom stereocenters. The molecule has 1 aromatic heterocycles. The molecule has 0 atom stereocenters. The largest absolute Gasteiger partial charge is 0.339 e. The van der Waals surface area contributed by atoms with Gasteiger partial charge in [-0.3, -0.25) is 9.69 Å². The van der Waals surface area contributed by atoms with Crippen molar-refractivity contribution in [2.75, 3.05) is 39.8 Å². The molecule has 0 bridgehead atoms. The topological polar surface area (TPSA) is 48.5 Å². The lowest BCUT2D eigenvalue weighted by Crippen LogP contribution is -2.49. The lowest BCUT2D eigenvalue weighted by molar-refractivity contribution is -0.132. The number of hydrogen-bond acceptors (Lipinski definition) is 5. The predicted octanol–water partition coefficient (Wildman–Crippen LogP) is 0.959. The molecular formula is C14H24N4OS. The van der Waals surface area contributed by atoms with E-state index < -0.39 is 0 Å². The van der Waals surface area contributed by atoms with E-state index in [1.807, 2.05) is 11.9 Å². The van der Waals surface area contributed by atoms with E-state index >= 15 is 0 Å². The fourth-order valence-corrected chi connectivity index (χ4v) is 3.22. The minimum absolute atomic E-state index is 0.220.